The van der Waals surface area contributed by atoms with E-state index in [-0.39, 0.29) is 35.8 Å². The Balaban J connectivity index is 1.31. The molecule has 0 radical (unpaired) electrons. The molecule has 1 aromatic heterocycles. The Morgan fingerprint density at radius 2 is 1.66 bits per heavy atom. The van der Waals surface area contributed by atoms with Crippen LogP contribution < -0.4 is 15.6 Å². The number of pyridine rings is 1. The van der Waals surface area contributed by atoms with Gasteiger partial charge < -0.3 is 19.5 Å². The Hall–Kier alpha value is -3.87. The van der Waals surface area contributed by atoms with Crippen molar-refractivity contribution in [2.75, 3.05) is 19.7 Å². The van der Waals surface area contributed by atoms with Gasteiger partial charge in [0.2, 0.25) is 5.91 Å². The molecule has 0 unspecified atom stereocenters. The standard InChI is InChI=1S/C28H29N3O4/c32-26(19-35-23-10-5-2-6-11-23)29-24(15-20-8-3-1-4-9-20)28(34)30-16-21-14-22(18-30)25-12-7-13-27(33)31(25)17-21/h1-13,21-22,24H,14-19H2,(H,29,32)/t21-,22+,24+/m1/s1. The van der Waals surface area contributed by atoms with E-state index in [1.54, 1.807) is 24.3 Å². The second-order valence-electron chi connectivity index (χ2n) is 9.35. The average molecular weight is 472 g/mol. The fourth-order valence-corrected chi connectivity index (χ4v) is 5.25. The maximum atomic E-state index is 13.7. The lowest BCUT2D eigenvalue weighted by atomic mass is 9.83. The molecule has 2 bridgehead atoms. The van der Waals surface area contributed by atoms with Crippen molar-refractivity contribution in [2.45, 2.75) is 31.3 Å². The molecule has 1 saturated heterocycles. The third kappa shape index (κ3) is 5.29. The lowest BCUT2D eigenvalue weighted by Gasteiger charge is -2.43. The Morgan fingerprint density at radius 1 is 0.914 bits per heavy atom. The summed E-state index contributed by atoms with van der Waals surface area (Å²) in [5.74, 6) is 0.515. The number of carbonyl (C=O) groups is 2. The number of benzene rings is 2. The Labute approximate surface area is 204 Å². The molecule has 2 aliphatic rings. The van der Waals surface area contributed by atoms with Crippen LogP contribution in [0.1, 0.15) is 23.6 Å². The highest BCUT2D eigenvalue weighted by Gasteiger charge is 2.38. The molecule has 0 saturated carbocycles. The fraction of sp³-hybridized carbons (Fsp3) is 0.321. The largest absolute Gasteiger partial charge is 0.484 e. The average Bonchev–Trinajstić information content (AvgIpc) is 2.88. The van der Waals surface area contributed by atoms with E-state index in [9.17, 15) is 14.4 Å². The molecule has 180 valence electrons. The normalized spacial score (nSPS) is 19.4. The van der Waals surface area contributed by atoms with Crippen LogP contribution in [0.2, 0.25) is 0 Å². The Bertz CT molecular complexity index is 1240. The van der Waals surface area contributed by atoms with E-state index in [0.29, 0.717) is 31.8 Å². The van der Waals surface area contributed by atoms with Gasteiger partial charge in [0.05, 0.1) is 0 Å². The highest BCUT2D eigenvalue weighted by molar-refractivity contribution is 5.88. The number of para-hydroxylation sites is 1. The number of aromatic nitrogens is 1. The van der Waals surface area contributed by atoms with Crippen LogP contribution in [0.4, 0.5) is 0 Å². The van der Waals surface area contributed by atoms with Crippen LogP contribution in [0.3, 0.4) is 0 Å². The zero-order valence-electron chi connectivity index (χ0n) is 19.5. The molecule has 2 aliphatic heterocycles. The fourth-order valence-electron chi connectivity index (χ4n) is 5.25. The molecule has 0 aliphatic carbocycles. The van der Waals surface area contributed by atoms with Gasteiger partial charge in [0.25, 0.3) is 11.5 Å². The lowest BCUT2D eigenvalue weighted by molar-refractivity contribution is -0.139. The molecular weight excluding hydrogens is 442 g/mol. The molecule has 2 aromatic carbocycles. The van der Waals surface area contributed by atoms with E-state index in [2.05, 4.69) is 5.32 Å². The summed E-state index contributed by atoms with van der Waals surface area (Å²) in [6.45, 7) is 1.58. The SMILES string of the molecule is O=C(COc1ccccc1)N[C@@H](Cc1ccccc1)C(=O)N1C[C@H]2C[C@@H](C1)c1cccc(=O)n1C2. The smallest absolute Gasteiger partial charge is 0.258 e. The van der Waals surface area contributed by atoms with E-state index >= 15 is 0 Å². The zero-order valence-corrected chi connectivity index (χ0v) is 19.5. The summed E-state index contributed by atoms with van der Waals surface area (Å²) < 4.78 is 7.44. The minimum absolute atomic E-state index is 0.0182. The van der Waals surface area contributed by atoms with Crippen molar-refractivity contribution in [3.63, 3.8) is 0 Å². The van der Waals surface area contributed by atoms with E-state index in [1.807, 2.05) is 64.1 Å². The molecule has 1 N–H and O–H groups in total. The Kier molecular flexibility index (Phi) is 6.66. The number of nitrogens with zero attached hydrogens (tertiary/aromatic N) is 2. The van der Waals surface area contributed by atoms with Crippen molar-refractivity contribution in [1.82, 2.24) is 14.8 Å². The van der Waals surface area contributed by atoms with Crippen LogP contribution in [-0.2, 0) is 22.6 Å². The summed E-state index contributed by atoms with van der Waals surface area (Å²) in [6.07, 6.45) is 1.37. The number of ether oxygens (including phenoxy) is 1. The number of amides is 2. The van der Waals surface area contributed by atoms with Crippen molar-refractivity contribution in [3.8, 4) is 5.75 Å². The van der Waals surface area contributed by atoms with Crippen LogP contribution in [0.25, 0.3) is 0 Å². The van der Waals surface area contributed by atoms with Gasteiger partial charge in [-0.05, 0) is 36.1 Å². The van der Waals surface area contributed by atoms with E-state index in [4.69, 9.17) is 4.74 Å². The maximum absolute atomic E-state index is 13.7. The minimum Gasteiger partial charge on any atom is -0.484 e. The summed E-state index contributed by atoms with van der Waals surface area (Å²) >= 11 is 0. The quantitative estimate of drug-likeness (QED) is 0.575. The predicted molar refractivity (Wildman–Crippen MR) is 132 cm³/mol. The molecule has 0 spiro atoms. The van der Waals surface area contributed by atoms with Crippen molar-refractivity contribution < 1.29 is 14.3 Å². The van der Waals surface area contributed by atoms with Crippen molar-refractivity contribution in [1.29, 1.82) is 0 Å². The summed E-state index contributed by atoms with van der Waals surface area (Å²) in [5.41, 5.74) is 1.99. The summed E-state index contributed by atoms with van der Waals surface area (Å²) in [7, 11) is 0. The number of rotatable bonds is 7. The van der Waals surface area contributed by atoms with E-state index in [0.717, 1.165) is 17.7 Å². The first-order valence-corrected chi connectivity index (χ1v) is 12.1. The lowest BCUT2D eigenvalue weighted by Crippen LogP contribution is -2.56. The number of nitrogens with one attached hydrogen (secondary N) is 1. The van der Waals surface area contributed by atoms with Gasteiger partial charge in [-0.2, -0.15) is 0 Å². The summed E-state index contributed by atoms with van der Waals surface area (Å²) in [4.78, 5) is 40.7. The minimum atomic E-state index is -0.693. The predicted octanol–water partition coefficient (Wildman–Crippen LogP) is 2.60. The van der Waals surface area contributed by atoms with Crippen LogP contribution in [-0.4, -0.2) is 47.0 Å². The van der Waals surface area contributed by atoms with Crippen LogP contribution in [0.5, 0.6) is 5.75 Å². The van der Waals surface area contributed by atoms with Gasteiger partial charge in [0, 0.05) is 43.7 Å². The van der Waals surface area contributed by atoms with Crippen molar-refractivity contribution in [3.05, 3.63) is 100 Å². The molecule has 1 fully saturated rings. The monoisotopic (exact) mass is 471 g/mol. The molecule has 5 rings (SSSR count). The molecular formula is C28H29N3O4. The van der Waals surface area contributed by atoms with Gasteiger partial charge in [-0.1, -0.05) is 54.6 Å². The summed E-state index contributed by atoms with van der Waals surface area (Å²) in [6, 6.07) is 23.5. The number of fused-ring (bicyclic) bond motifs is 4. The highest BCUT2D eigenvalue weighted by atomic mass is 16.5. The van der Waals surface area contributed by atoms with Crippen molar-refractivity contribution >= 4 is 11.8 Å². The molecule has 7 heteroatoms. The maximum Gasteiger partial charge on any atom is 0.258 e. The molecule has 3 heterocycles. The summed E-state index contributed by atoms with van der Waals surface area (Å²) in [5, 5.41) is 2.92. The molecule has 3 atom stereocenters. The second kappa shape index (κ2) is 10.2. The second-order valence-corrected chi connectivity index (χ2v) is 9.35. The number of likely N-dealkylation sites (tertiary alicyclic amines) is 1. The first-order chi connectivity index (χ1) is 17.1. The van der Waals surface area contributed by atoms with E-state index < -0.39 is 6.04 Å². The van der Waals surface area contributed by atoms with Crippen LogP contribution >= 0.6 is 0 Å². The van der Waals surface area contributed by atoms with Gasteiger partial charge in [0.1, 0.15) is 11.8 Å². The van der Waals surface area contributed by atoms with Gasteiger partial charge in [-0.15, -0.1) is 0 Å². The van der Waals surface area contributed by atoms with E-state index in [1.165, 1.54) is 0 Å². The van der Waals surface area contributed by atoms with Gasteiger partial charge >= 0.3 is 0 Å². The van der Waals surface area contributed by atoms with Gasteiger partial charge in [-0.3, -0.25) is 14.4 Å². The number of hydrogen-bond acceptors (Lipinski definition) is 4. The van der Waals surface area contributed by atoms with Crippen LogP contribution in [0, 0.1) is 5.92 Å². The first-order valence-electron chi connectivity index (χ1n) is 12.1. The highest BCUT2D eigenvalue weighted by Crippen LogP contribution is 2.35. The molecule has 3 aromatic rings. The topological polar surface area (TPSA) is 80.6 Å². The third-order valence-electron chi connectivity index (χ3n) is 6.82. The number of piperidine rings is 1. The van der Waals surface area contributed by atoms with Crippen LogP contribution in [0.15, 0.2) is 83.7 Å². The first kappa shape index (κ1) is 22.9. The number of hydrogen-bond donors (Lipinski definition) is 1. The van der Waals surface area contributed by atoms with Gasteiger partial charge in [0.15, 0.2) is 6.61 Å². The van der Waals surface area contributed by atoms with Gasteiger partial charge in [-0.25, -0.2) is 0 Å². The number of carbonyl (C=O) groups excluding carboxylic acids is 2. The Morgan fingerprint density at radius 3 is 2.43 bits per heavy atom. The molecule has 35 heavy (non-hydrogen) atoms. The van der Waals surface area contributed by atoms with Crippen molar-refractivity contribution in [2.24, 2.45) is 5.92 Å². The molecule has 7 nitrogen and oxygen atoms in total. The third-order valence-corrected chi connectivity index (χ3v) is 6.82. The zero-order chi connectivity index (χ0) is 24.2. The molecule has 2 amide bonds.